The molecule has 2 aromatic rings. The predicted molar refractivity (Wildman–Crippen MR) is 121 cm³/mol. The molecule has 0 N–H and O–H groups in total. The van der Waals surface area contributed by atoms with E-state index in [4.69, 9.17) is 16.3 Å². The summed E-state index contributed by atoms with van der Waals surface area (Å²) in [6, 6.07) is 16.0. The fourth-order valence-corrected chi connectivity index (χ4v) is 4.80. The van der Waals surface area contributed by atoms with Crippen molar-refractivity contribution in [1.82, 2.24) is 9.80 Å². The Morgan fingerprint density at radius 1 is 1.00 bits per heavy atom. The third-order valence-electron chi connectivity index (χ3n) is 6.64. The fourth-order valence-electron chi connectivity index (χ4n) is 4.68. The number of halogens is 1. The molecule has 1 spiro atoms. The van der Waals surface area contributed by atoms with Crippen molar-refractivity contribution in [2.24, 2.45) is 5.41 Å². The second-order valence-electron chi connectivity index (χ2n) is 8.49. The number of piperidine rings is 1. The Labute approximate surface area is 184 Å². The van der Waals surface area contributed by atoms with E-state index >= 15 is 0 Å². The number of carbonyl (C=O) groups is 1. The van der Waals surface area contributed by atoms with E-state index in [9.17, 15) is 4.79 Å². The van der Waals surface area contributed by atoms with Crippen LogP contribution >= 0.6 is 11.6 Å². The van der Waals surface area contributed by atoms with Gasteiger partial charge in [0, 0.05) is 18.1 Å². The summed E-state index contributed by atoms with van der Waals surface area (Å²) in [6.07, 6.45) is 6.23. The highest BCUT2D eigenvalue weighted by Gasteiger charge is 2.47. The highest BCUT2D eigenvalue weighted by molar-refractivity contribution is 6.30. The van der Waals surface area contributed by atoms with Crippen molar-refractivity contribution in [3.8, 4) is 5.75 Å². The van der Waals surface area contributed by atoms with Crippen LogP contribution in [0.5, 0.6) is 5.75 Å². The number of ether oxygens (including phenoxy) is 1. The topological polar surface area (TPSA) is 32.8 Å². The Morgan fingerprint density at radius 3 is 2.33 bits per heavy atom. The first kappa shape index (κ1) is 21.2. The van der Waals surface area contributed by atoms with E-state index in [1.165, 1.54) is 5.56 Å². The van der Waals surface area contributed by atoms with E-state index in [2.05, 4.69) is 35.6 Å². The first-order chi connectivity index (χ1) is 14.6. The molecular weight excluding hydrogens is 396 g/mol. The summed E-state index contributed by atoms with van der Waals surface area (Å²) in [5, 5.41) is 0.774. The summed E-state index contributed by atoms with van der Waals surface area (Å²) in [7, 11) is 1.67. The minimum absolute atomic E-state index is 0.136. The largest absolute Gasteiger partial charge is 0.497 e. The van der Waals surface area contributed by atoms with Gasteiger partial charge in [0.25, 0.3) is 0 Å². The monoisotopic (exact) mass is 425 g/mol. The number of benzene rings is 2. The van der Waals surface area contributed by atoms with Crippen LogP contribution in [0.1, 0.15) is 36.8 Å². The van der Waals surface area contributed by atoms with Crippen molar-refractivity contribution in [3.05, 3.63) is 71.1 Å². The van der Waals surface area contributed by atoms with Gasteiger partial charge in [-0.15, -0.1) is 0 Å². The summed E-state index contributed by atoms with van der Waals surface area (Å²) in [5.74, 6) is 1.20. The Bertz CT molecular complexity index is 842. The van der Waals surface area contributed by atoms with Crippen LogP contribution in [0.15, 0.2) is 48.5 Å². The molecule has 5 heteroatoms. The van der Waals surface area contributed by atoms with Gasteiger partial charge in [0.2, 0.25) is 5.91 Å². The molecule has 2 fully saturated rings. The zero-order valence-corrected chi connectivity index (χ0v) is 18.4. The molecule has 0 atom stereocenters. The Kier molecular flexibility index (Phi) is 6.64. The molecule has 2 aliphatic heterocycles. The highest BCUT2D eigenvalue weighted by Crippen LogP contribution is 2.42. The van der Waals surface area contributed by atoms with Crippen LogP contribution in [-0.2, 0) is 11.3 Å². The molecule has 159 valence electrons. The molecule has 0 saturated carbocycles. The van der Waals surface area contributed by atoms with Gasteiger partial charge < -0.3 is 14.5 Å². The predicted octanol–water partition coefficient (Wildman–Crippen LogP) is 4.81. The van der Waals surface area contributed by atoms with E-state index in [1.54, 1.807) is 7.11 Å². The van der Waals surface area contributed by atoms with Gasteiger partial charge in [-0.2, -0.15) is 0 Å². The molecule has 0 aromatic heterocycles. The summed E-state index contributed by atoms with van der Waals surface area (Å²) >= 11 is 5.95. The van der Waals surface area contributed by atoms with Gasteiger partial charge in [-0.3, -0.25) is 4.79 Å². The molecular formula is C25H30ClN2O2. The first-order valence-corrected chi connectivity index (χ1v) is 11.2. The van der Waals surface area contributed by atoms with Crippen LogP contribution in [-0.4, -0.2) is 49.0 Å². The molecule has 1 amide bonds. The van der Waals surface area contributed by atoms with Gasteiger partial charge in [-0.1, -0.05) is 35.9 Å². The molecule has 30 heavy (non-hydrogen) atoms. The SMILES string of the molecule is COc1ccc(CN2CCC3(CCN(CC[CH]c4ccc(Cl)cc4)CC3)C2=O)cc1. The number of amides is 1. The van der Waals surface area contributed by atoms with E-state index in [0.29, 0.717) is 12.5 Å². The van der Waals surface area contributed by atoms with Gasteiger partial charge in [0.15, 0.2) is 0 Å². The van der Waals surface area contributed by atoms with E-state index in [-0.39, 0.29) is 5.41 Å². The number of likely N-dealkylation sites (tertiary alicyclic amines) is 2. The molecule has 4 rings (SSSR count). The van der Waals surface area contributed by atoms with E-state index in [0.717, 1.165) is 68.2 Å². The maximum atomic E-state index is 13.2. The third kappa shape index (κ3) is 4.81. The molecule has 0 unspecified atom stereocenters. The second kappa shape index (κ2) is 9.40. The Hall–Kier alpha value is -2.04. The number of methoxy groups -OCH3 is 1. The molecule has 4 nitrogen and oxygen atoms in total. The van der Waals surface area contributed by atoms with Crippen molar-refractivity contribution in [2.45, 2.75) is 32.2 Å². The summed E-state index contributed by atoms with van der Waals surface area (Å²) in [4.78, 5) is 17.8. The zero-order chi connectivity index (χ0) is 21.0. The number of hydrogen-bond acceptors (Lipinski definition) is 3. The Balaban J connectivity index is 1.24. The van der Waals surface area contributed by atoms with Gasteiger partial charge in [0.05, 0.1) is 12.5 Å². The quantitative estimate of drug-likeness (QED) is 0.638. The Morgan fingerprint density at radius 2 is 1.67 bits per heavy atom. The highest BCUT2D eigenvalue weighted by atomic mass is 35.5. The standard InChI is InChI=1S/C25H30ClN2O2/c1-30-23-10-6-21(7-11-23)19-28-18-14-25(24(28)29)12-16-27(17-13-25)15-2-3-20-4-8-22(26)9-5-20/h3-11H,2,12-19H2,1H3. The smallest absolute Gasteiger partial charge is 0.229 e. The van der Waals surface area contributed by atoms with E-state index < -0.39 is 0 Å². The third-order valence-corrected chi connectivity index (χ3v) is 6.89. The lowest BCUT2D eigenvalue weighted by Crippen LogP contribution is -2.44. The number of nitrogens with zero attached hydrogens (tertiary/aromatic N) is 2. The number of hydrogen-bond donors (Lipinski definition) is 0. The van der Waals surface area contributed by atoms with Crippen LogP contribution < -0.4 is 4.74 Å². The second-order valence-corrected chi connectivity index (χ2v) is 8.93. The fraction of sp³-hybridized carbons (Fsp3) is 0.440. The van der Waals surface area contributed by atoms with Crippen LogP contribution in [0, 0.1) is 11.8 Å². The van der Waals surface area contributed by atoms with Crippen molar-refractivity contribution in [1.29, 1.82) is 0 Å². The summed E-state index contributed by atoms with van der Waals surface area (Å²) in [6.45, 7) is 4.63. The lowest BCUT2D eigenvalue weighted by atomic mass is 9.77. The number of carbonyl (C=O) groups excluding carboxylic acids is 1. The van der Waals surface area contributed by atoms with Crippen molar-refractivity contribution < 1.29 is 9.53 Å². The maximum absolute atomic E-state index is 13.2. The molecule has 1 radical (unpaired) electrons. The first-order valence-electron chi connectivity index (χ1n) is 10.8. The van der Waals surface area contributed by atoms with E-state index in [1.807, 2.05) is 29.2 Å². The average Bonchev–Trinajstić information content (AvgIpc) is 3.07. The molecule has 0 bridgehead atoms. The van der Waals surface area contributed by atoms with Crippen molar-refractivity contribution in [3.63, 3.8) is 0 Å². The molecule has 2 aliphatic rings. The van der Waals surface area contributed by atoms with Gasteiger partial charge in [-0.25, -0.2) is 0 Å². The van der Waals surface area contributed by atoms with Gasteiger partial charge in [-0.05, 0) is 87.1 Å². The molecule has 0 aliphatic carbocycles. The summed E-state index contributed by atoms with van der Waals surface area (Å²) < 4.78 is 5.23. The van der Waals surface area contributed by atoms with Crippen molar-refractivity contribution in [2.75, 3.05) is 33.3 Å². The summed E-state index contributed by atoms with van der Waals surface area (Å²) in [5.41, 5.74) is 2.24. The van der Waals surface area contributed by atoms with Gasteiger partial charge >= 0.3 is 0 Å². The minimum Gasteiger partial charge on any atom is -0.497 e. The molecule has 2 heterocycles. The van der Waals surface area contributed by atoms with Crippen LogP contribution in [0.25, 0.3) is 0 Å². The lowest BCUT2D eigenvalue weighted by Gasteiger charge is -2.38. The van der Waals surface area contributed by atoms with Gasteiger partial charge in [0.1, 0.15) is 5.75 Å². The minimum atomic E-state index is -0.136. The normalized spacial score (nSPS) is 18.9. The van der Waals surface area contributed by atoms with Crippen molar-refractivity contribution >= 4 is 17.5 Å². The molecule has 2 saturated heterocycles. The number of rotatable bonds is 7. The maximum Gasteiger partial charge on any atom is 0.229 e. The van der Waals surface area contributed by atoms with Crippen LogP contribution in [0.2, 0.25) is 5.02 Å². The zero-order valence-electron chi connectivity index (χ0n) is 17.6. The van der Waals surface area contributed by atoms with Crippen LogP contribution in [0.4, 0.5) is 0 Å². The lowest BCUT2D eigenvalue weighted by molar-refractivity contribution is -0.138. The van der Waals surface area contributed by atoms with Crippen LogP contribution in [0.3, 0.4) is 0 Å². The molecule has 2 aromatic carbocycles. The average molecular weight is 426 g/mol.